The molecule has 0 saturated carbocycles. The first-order chi connectivity index (χ1) is 6.11. The fourth-order valence-corrected chi connectivity index (χ4v) is 2.77. The third kappa shape index (κ3) is 1.65. The van der Waals surface area contributed by atoms with Gasteiger partial charge in [-0.3, -0.25) is 0 Å². The molecular formula is C9H17N3S. The summed E-state index contributed by atoms with van der Waals surface area (Å²) in [7, 11) is 2.19. The van der Waals surface area contributed by atoms with E-state index >= 15 is 0 Å². The van der Waals surface area contributed by atoms with E-state index in [1.165, 1.54) is 25.9 Å². The minimum absolute atomic E-state index is 0.498. The van der Waals surface area contributed by atoms with Crippen molar-refractivity contribution >= 4 is 17.3 Å². The van der Waals surface area contributed by atoms with E-state index in [0.717, 1.165) is 13.1 Å². The highest BCUT2D eigenvalue weighted by atomic mass is 32.1. The SMILES string of the molecule is CN1CCC2(CCN(C(N)=S)C2)C1. The number of likely N-dealkylation sites (tertiary alicyclic amines) is 2. The van der Waals surface area contributed by atoms with Crippen molar-refractivity contribution in [2.45, 2.75) is 12.8 Å². The first-order valence-electron chi connectivity index (χ1n) is 4.84. The third-order valence-corrected chi connectivity index (χ3v) is 3.64. The maximum atomic E-state index is 5.63. The van der Waals surface area contributed by atoms with Gasteiger partial charge in [0.15, 0.2) is 5.11 Å². The summed E-state index contributed by atoms with van der Waals surface area (Å²) in [6, 6.07) is 0. The molecule has 2 N–H and O–H groups in total. The second-order valence-corrected chi connectivity index (χ2v) is 4.92. The second kappa shape index (κ2) is 3.10. The van der Waals surface area contributed by atoms with Crippen LogP contribution in [0.5, 0.6) is 0 Å². The van der Waals surface area contributed by atoms with E-state index in [1.807, 2.05) is 0 Å². The summed E-state index contributed by atoms with van der Waals surface area (Å²) in [5.41, 5.74) is 6.13. The number of nitrogens with zero attached hydrogens (tertiary/aromatic N) is 2. The summed E-state index contributed by atoms with van der Waals surface area (Å²) >= 11 is 4.99. The van der Waals surface area contributed by atoms with Crippen LogP contribution in [-0.2, 0) is 0 Å². The van der Waals surface area contributed by atoms with Crippen molar-refractivity contribution in [3.63, 3.8) is 0 Å². The van der Waals surface area contributed by atoms with Gasteiger partial charge in [0.2, 0.25) is 0 Å². The van der Waals surface area contributed by atoms with Crippen LogP contribution in [0.1, 0.15) is 12.8 Å². The first kappa shape index (κ1) is 9.21. The smallest absolute Gasteiger partial charge is 0.166 e. The van der Waals surface area contributed by atoms with Gasteiger partial charge in [-0.1, -0.05) is 0 Å². The first-order valence-corrected chi connectivity index (χ1v) is 5.25. The van der Waals surface area contributed by atoms with Crippen molar-refractivity contribution < 1.29 is 0 Å². The molecule has 0 aromatic rings. The van der Waals surface area contributed by atoms with Crippen LogP contribution in [-0.4, -0.2) is 48.1 Å². The highest BCUT2D eigenvalue weighted by Gasteiger charge is 2.42. The van der Waals surface area contributed by atoms with Crippen LogP contribution in [0.4, 0.5) is 0 Å². The monoisotopic (exact) mass is 199 g/mol. The molecule has 2 saturated heterocycles. The van der Waals surface area contributed by atoms with Crippen molar-refractivity contribution in [1.29, 1.82) is 0 Å². The molecule has 2 rings (SSSR count). The Hall–Kier alpha value is -0.350. The van der Waals surface area contributed by atoms with Crippen LogP contribution in [0.3, 0.4) is 0 Å². The Morgan fingerprint density at radius 1 is 1.31 bits per heavy atom. The lowest BCUT2D eigenvalue weighted by Gasteiger charge is -2.23. The highest BCUT2D eigenvalue weighted by Crippen LogP contribution is 2.38. The minimum atomic E-state index is 0.498. The molecule has 0 aromatic carbocycles. The van der Waals surface area contributed by atoms with E-state index in [2.05, 4.69) is 16.8 Å². The van der Waals surface area contributed by atoms with E-state index in [0.29, 0.717) is 10.5 Å². The van der Waals surface area contributed by atoms with Crippen LogP contribution in [0.15, 0.2) is 0 Å². The number of thiocarbonyl (C=S) groups is 1. The molecule has 74 valence electrons. The molecule has 3 nitrogen and oxygen atoms in total. The minimum Gasteiger partial charge on any atom is -0.376 e. The summed E-state index contributed by atoms with van der Waals surface area (Å²) in [6.07, 6.45) is 2.57. The van der Waals surface area contributed by atoms with E-state index in [-0.39, 0.29) is 0 Å². The zero-order valence-electron chi connectivity index (χ0n) is 8.12. The summed E-state index contributed by atoms with van der Waals surface area (Å²) in [5, 5.41) is 0.575. The molecule has 1 spiro atoms. The van der Waals surface area contributed by atoms with Gasteiger partial charge in [-0.25, -0.2) is 0 Å². The standard InChI is InChI=1S/C9H17N3S/c1-11-4-2-9(6-11)3-5-12(7-9)8(10)13/h2-7H2,1H3,(H2,10,13). The van der Waals surface area contributed by atoms with Gasteiger partial charge in [0.25, 0.3) is 0 Å². The normalized spacial score (nSPS) is 34.7. The van der Waals surface area contributed by atoms with E-state index in [9.17, 15) is 0 Å². The van der Waals surface area contributed by atoms with Crippen molar-refractivity contribution in [3.05, 3.63) is 0 Å². The van der Waals surface area contributed by atoms with Gasteiger partial charge in [0, 0.05) is 25.0 Å². The predicted octanol–water partition coefficient (Wildman–Crippen LogP) is 0.258. The van der Waals surface area contributed by atoms with Crippen molar-refractivity contribution in [3.8, 4) is 0 Å². The van der Waals surface area contributed by atoms with Crippen LogP contribution in [0.2, 0.25) is 0 Å². The molecular weight excluding hydrogens is 182 g/mol. The van der Waals surface area contributed by atoms with Gasteiger partial charge in [-0.15, -0.1) is 0 Å². The lowest BCUT2D eigenvalue weighted by molar-refractivity contribution is 0.293. The topological polar surface area (TPSA) is 32.5 Å². The zero-order chi connectivity index (χ0) is 9.47. The predicted molar refractivity (Wildman–Crippen MR) is 57.5 cm³/mol. The number of hydrogen-bond acceptors (Lipinski definition) is 2. The summed E-state index contributed by atoms with van der Waals surface area (Å²) in [6.45, 7) is 4.58. The maximum absolute atomic E-state index is 5.63. The van der Waals surface area contributed by atoms with Crippen molar-refractivity contribution in [1.82, 2.24) is 9.80 Å². The molecule has 0 amide bonds. The number of rotatable bonds is 0. The highest BCUT2D eigenvalue weighted by molar-refractivity contribution is 7.80. The molecule has 0 aliphatic carbocycles. The molecule has 2 heterocycles. The average Bonchev–Trinajstić information content (AvgIpc) is 2.61. The Kier molecular flexibility index (Phi) is 2.20. The Labute approximate surface area is 84.9 Å². The number of nitrogens with two attached hydrogens (primary N) is 1. The van der Waals surface area contributed by atoms with Crippen LogP contribution in [0, 0.1) is 5.41 Å². The third-order valence-electron chi connectivity index (χ3n) is 3.38. The Morgan fingerprint density at radius 2 is 2.00 bits per heavy atom. The largest absolute Gasteiger partial charge is 0.376 e. The van der Waals surface area contributed by atoms with Gasteiger partial charge in [0.1, 0.15) is 0 Å². The van der Waals surface area contributed by atoms with Gasteiger partial charge in [-0.2, -0.15) is 0 Å². The van der Waals surface area contributed by atoms with Gasteiger partial charge in [-0.05, 0) is 38.7 Å². The summed E-state index contributed by atoms with van der Waals surface area (Å²) < 4.78 is 0. The second-order valence-electron chi connectivity index (χ2n) is 4.50. The van der Waals surface area contributed by atoms with E-state index in [4.69, 9.17) is 18.0 Å². The summed E-state index contributed by atoms with van der Waals surface area (Å²) in [4.78, 5) is 4.55. The van der Waals surface area contributed by atoms with Crippen LogP contribution < -0.4 is 5.73 Å². The quantitative estimate of drug-likeness (QED) is 0.567. The molecule has 2 aliphatic heterocycles. The molecule has 0 radical (unpaired) electrons. The lowest BCUT2D eigenvalue weighted by atomic mass is 9.86. The van der Waals surface area contributed by atoms with E-state index < -0.39 is 0 Å². The summed E-state index contributed by atoms with van der Waals surface area (Å²) in [5.74, 6) is 0. The Morgan fingerprint density at radius 3 is 2.46 bits per heavy atom. The lowest BCUT2D eigenvalue weighted by Crippen LogP contribution is -2.36. The van der Waals surface area contributed by atoms with Gasteiger partial charge in [0.05, 0.1) is 0 Å². The number of hydrogen-bond donors (Lipinski definition) is 1. The average molecular weight is 199 g/mol. The molecule has 4 heteroatoms. The van der Waals surface area contributed by atoms with Gasteiger partial charge >= 0.3 is 0 Å². The van der Waals surface area contributed by atoms with E-state index in [1.54, 1.807) is 0 Å². The molecule has 2 fully saturated rings. The van der Waals surface area contributed by atoms with Crippen molar-refractivity contribution in [2.75, 3.05) is 33.2 Å². The maximum Gasteiger partial charge on any atom is 0.166 e. The fourth-order valence-electron chi connectivity index (χ4n) is 2.62. The van der Waals surface area contributed by atoms with Crippen LogP contribution >= 0.6 is 12.2 Å². The molecule has 1 unspecified atom stereocenters. The zero-order valence-corrected chi connectivity index (χ0v) is 8.94. The molecule has 1 atom stereocenters. The van der Waals surface area contributed by atoms with Crippen LogP contribution in [0.25, 0.3) is 0 Å². The van der Waals surface area contributed by atoms with Gasteiger partial charge < -0.3 is 15.5 Å². The molecule has 2 aliphatic rings. The van der Waals surface area contributed by atoms with Crippen molar-refractivity contribution in [2.24, 2.45) is 11.1 Å². The molecule has 0 bridgehead atoms. The molecule has 13 heavy (non-hydrogen) atoms. The molecule has 0 aromatic heterocycles. The Bertz CT molecular complexity index is 231. The fraction of sp³-hybridized carbons (Fsp3) is 0.889. The Balaban J connectivity index is 2.01.